The third kappa shape index (κ3) is 3.87. The maximum atomic E-state index is 5.91. The van der Waals surface area contributed by atoms with E-state index in [2.05, 4.69) is 38.7 Å². The summed E-state index contributed by atoms with van der Waals surface area (Å²) in [5.41, 5.74) is 1.15. The molecular formula is C11H19OP. The lowest BCUT2D eigenvalue weighted by Crippen LogP contribution is -2.27. The second-order valence-corrected chi connectivity index (χ2v) is 5.11. The fourth-order valence-corrected chi connectivity index (χ4v) is 2.21. The Kier molecular flexibility index (Phi) is 3.87. The van der Waals surface area contributed by atoms with E-state index in [0.717, 1.165) is 20.1 Å². The van der Waals surface area contributed by atoms with Crippen molar-refractivity contribution in [2.45, 2.75) is 45.6 Å². The maximum Gasteiger partial charge on any atom is 0.135 e. The van der Waals surface area contributed by atoms with Crippen LogP contribution in [0.4, 0.5) is 0 Å². The summed E-state index contributed by atoms with van der Waals surface area (Å²) >= 11 is 0. The normalized spacial score (nSPS) is 12.2. The summed E-state index contributed by atoms with van der Waals surface area (Å²) in [6.07, 6.45) is 3.63. The molecule has 0 radical (unpaired) electrons. The first-order valence-corrected chi connectivity index (χ1v) is 6.04. The Morgan fingerprint density at radius 1 is 1.46 bits per heavy atom. The van der Waals surface area contributed by atoms with Gasteiger partial charge < -0.3 is 4.74 Å². The highest BCUT2D eigenvalue weighted by molar-refractivity contribution is 7.31. The molecule has 0 aliphatic heterocycles. The summed E-state index contributed by atoms with van der Waals surface area (Å²) < 4.78 is 5.91. The number of unbranched alkanes of at least 4 members (excludes halogenated alkanes) is 1. The Balaban J connectivity index is 2.42. The SMILES string of the molecule is CCCCC(C)(C)Oc1ccc[pH]1. The molecule has 0 fully saturated rings. The minimum atomic E-state index is 0.0147. The van der Waals surface area contributed by atoms with Crippen LogP contribution in [0.5, 0.6) is 5.48 Å². The van der Waals surface area contributed by atoms with Crippen LogP contribution in [0.1, 0.15) is 40.0 Å². The van der Waals surface area contributed by atoms with Crippen LogP contribution >= 0.6 is 8.19 Å². The zero-order chi connectivity index (χ0) is 9.73. The molecular weight excluding hydrogens is 179 g/mol. The summed E-state index contributed by atoms with van der Waals surface area (Å²) in [6, 6.07) is 4.15. The summed E-state index contributed by atoms with van der Waals surface area (Å²) in [6.45, 7) is 6.56. The van der Waals surface area contributed by atoms with Crippen LogP contribution in [-0.4, -0.2) is 5.60 Å². The van der Waals surface area contributed by atoms with Crippen molar-refractivity contribution in [3.63, 3.8) is 0 Å². The predicted molar refractivity (Wildman–Crippen MR) is 60.2 cm³/mol. The van der Waals surface area contributed by atoms with Gasteiger partial charge in [0.15, 0.2) is 0 Å². The average Bonchev–Trinajstić information content (AvgIpc) is 2.52. The predicted octanol–water partition coefficient (Wildman–Crippen LogP) is 4.07. The molecule has 13 heavy (non-hydrogen) atoms. The molecule has 1 rings (SSSR count). The van der Waals surface area contributed by atoms with Gasteiger partial charge in [0.25, 0.3) is 0 Å². The van der Waals surface area contributed by atoms with Gasteiger partial charge in [-0.25, -0.2) is 0 Å². The standard InChI is InChI=1S/C11H19OP/c1-4-5-8-11(2,3)12-10-7-6-9-13-10/h6-7,9,13H,4-5,8H2,1-3H3. The molecule has 0 spiro atoms. The van der Waals surface area contributed by atoms with Crippen LogP contribution in [0.2, 0.25) is 0 Å². The van der Waals surface area contributed by atoms with E-state index < -0.39 is 0 Å². The van der Waals surface area contributed by atoms with Crippen LogP contribution in [-0.2, 0) is 0 Å². The number of ether oxygens (including phenoxy) is 1. The molecule has 1 aromatic heterocycles. The zero-order valence-corrected chi connectivity index (χ0v) is 9.76. The van der Waals surface area contributed by atoms with E-state index in [1.165, 1.54) is 12.8 Å². The lowest BCUT2D eigenvalue weighted by Gasteiger charge is -2.25. The van der Waals surface area contributed by atoms with E-state index in [1.807, 2.05) is 0 Å². The van der Waals surface area contributed by atoms with Gasteiger partial charge in [-0.05, 0) is 38.6 Å². The van der Waals surface area contributed by atoms with Crippen molar-refractivity contribution in [2.75, 3.05) is 0 Å². The summed E-state index contributed by atoms with van der Waals surface area (Å²) in [7, 11) is 0.737. The Bertz CT molecular complexity index is 226. The molecule has 0 N–H and O–H groups in total. The van der Waals surface area contributed by atoms with Gasteiger partial charge in [0, 0.05) is 0 Å². The number of hydrogen-bond donors (Lipinski definition) is 0. The van der Waals surface area contributed by atoms with Crippen molar-refractivity contribution in [3.8, 4) is 5.48 Å². The van der Waals surface area contributed by atoms with E-state index in [-0.39, 0.29) is 5.60 Å². The van der Waals surface area contributed by atoms with Crippen molar-refractivity contribution < 1.29 is 4.74 Å². The van der Waals surface area contributed by atoms with Gasteiger partial charge in [0.1, 0.15) is 11.1 Å². The quantitative estimate of drug-likeness (QED) is 0.693. The molecule has 74 valence electrons. The highest BCUT2D eigenvalue weighted by atomic mass is 31.0. The molecule has 1 atom stereocenters. The van der Waals surface area contributed by atoms with E-state index in [4.69, 9.17) is 4.74 Å². The minimum absolute atomic E-state index is 0.0147. The molecule has 1 unspecified atom stereocenters. The van der Waals surface area contributed by atoms with Crippen molar-refractivity contribution in [3.05, 3.63) is 17.9 Å². The van der Waals surface area contributed by atoms with Crippen LogP contribution in [0, 0.1) is 0 Å². The molecule has 0 aliphatic rings. The fourth-order valence-electron chi connectivity index (χ4n) is 1.33. The maximum absolute atomic E-state index is 5.91. The monoisotopic (exact) mass is 198 g/mol. The Morgan fingerprint density at radius 3 is 2.77 bits per heavy atom. The molecule has 0 aromatic carbocycles. The van der Waals surface area contributed by atoms with Gasteiger partial charge in [-0.1, -0.05) is 27.6 Å². The van der Waals surface area contributed by atoms with E-state index in [1.54, 1.807) is 0 Å². The molecule has 1 heterocycles. The van der Waals surface area contributed by atoms with Gasteiger partial charge in [-0.15, -0.1) is 0 Å². The Labute approximate surface area is 82.6 Å². The first kappa shape index (κ1) is 10.7. The van der Waals surface area contributed by atoms with Gasteiger partial charge in [-0.3, -0.25) is 0 Å². The third-order valence-corrected chi connectivity index (χ3v) is 3.00. The lowest BCUT2D eigenvalue weighted by atomic mass is 10.0. The van der Waals surface area contributed by atoms with Crippen LogP contribution < -0.4 is 4.74 Å². The molecule has 0 aliphatic carbocycles. The highest BCUT2D eigenvalue weighted by Gasteiger charge is 2.18. The fraction of sp³-hybridized carbons (Fsp3) is 0.636. The second kappa shape index (κ2) is 4.72. The topological polar surface area (TPSA) is 9.23 Å². The lowest BCUT2D eigenvalue weighted by molar-refractivity contribution is 0.102. The summed E-state index contributed by atoms with van der Waals surface area (Å²) in [4.78, 5) is 0. The van der Waals surface area contributed by atoms with Crippen molar-refractivity contribution >= 4 is 8.19 Å². The van der Waals surface area contributed by atoms with Crippen LogP contribution in [0.25, 0.3) is 0 Å². The highest BCUT2D eigenvalue weighted by Crippen LogP contribution is 2.30. The van der Waals surface area contributed by atoms with Crippen molar-refractivity contribution in [1.29, 1.82) is 0 Å². The zero-order valence-electron chi connectivity index (χ0n) is 8.76. The van der Waals surface area contributed by atoms with Gasteiger partial charge in [0.05, 0.1) is 0 Å². The van der Waals surface area contributed by atoms with Gasteiger partial charge in [0.2, 0.25) is 0 Å². The van der Waals surface area contributed by atoms with Crippen LogP contribution in [0.15, 0.2) is 17.9 Å². The second-order valence-electron chi connectivity index (χ2n) is 4.00. The first-order chi connectivity index (χ1) is 6.14. The van der Waals surface area contributed by atoms with Gasteiger partial charge >= 0.3 is 0 Å². The number of hydrogen-bond acceptors (Lipinski definition) is 1. The Morgan fingerprint density at radius 2 is 2.23 bits per heavy atom. The minimum Gasteiger partial charge on any atom is -0.484 e. The molecule has 0 saturated heterocycles. The summed E-state index contributed by atoms with van der Waals surface area (Å²) in [5.74, 6) is 2.16. The van der Waals surface area contributed by atoms with Crippen molar-refractivity contribution in [1.82, 2.24) is 0 Å². The molecule has 1 nitrogen and oxygen atoms in total. The van der Waals surface area contributed by atoms with E-state index >= 15 is 0 Å². The smallest absolute Gasteiger partial charge is 0.135 e. The van der Waals surface area contributed by atoms with E-state index in [9.17, 15) is 0 Å². The third-order valence-electron chi connectivity index (χ3n) is 2.09. The number of rotatable bonds is 5. The van der Waals surface area contributed by atoms with Crippen LogP contribution in [0.3, 0.4) is 0 Å². The average molecular weight is 198 g/mol. The van der Waals surface area contributed by atoms with Crippen molar-refractivity contribution in [2.24, 2.45) is 0 Å². The molecule has 1 aromatic rings. The molecule has 0 bridgehead atoms. The Hall–Kier alpha value is -0.420. The van der Waals surface area contributed by atoms with E-state index in [0.29, 0.717) is 0 Å². The molecule has 2 heteroatoms. The van der Waals surface area contributed by atoms with Gasteiger partial charge in [-0.2, -0.15) is 0 Å². The largest absolute Gasteiger partial charge is 0.484 e. The first-order valence-electron chi connectivity index (χ1n) is 4.96. The molecule has 0 saturated carbocycles. The summed E-state index contributed by atoms with van der Waals surface area (Å²) in [5, 5.41) is 0. The molecule has 0 amide bonds.